The molecule has 2 N–H and O–H groups in total. The summed E-state index contributed by atoms with van der Waals surface area (Å²) in [6.07, 6.45) is 3.84. The Balaban J connectivity index is 1.89. The van der Waals surface area contributed by atoms with E-state index in [1.54, 1.807) is 24.3 Å². The Kier molecular flexibility index (Phi) is 4.95. The van der Waals surface area contributed by atoms with Crippen molar-refractivity contribution >= 4 is 11.9 Å². The van der Waals surface area contributed by atoms with Crippen LogP contribution >= 0.6 is 0 Å². The van der Waals surface area contributed by atoms with E-state index in [0.29, 0.717) is 29.2 Å². The maximum atomic E-state index is 12.6. The van der Waals surface area contributed by atoms with Crippen LogP contribution < -0.4 is 9.64 Å². The Hall–Kier alpha value is -2.53. The van der Waals surface area contributed by atoms with Crippen LogP contribution in [-0.4, -0.2) is 24.5 Å². The van der Waals surface area contributed by atoms with E-state index in [4.69, 9.17) is 9.15 Å². The first-order chi connectivity index (χ1) is 12.0. The minimum atomic E-state index is -0.184. The zero-order chi connectivity index (χ0) is 18.0. The predicted octanol–water partition coefficient (Wildman–Crippen LogP) is 2.72. The van der Waals surface area contributed by atoms with Gasteiger partial charge in [-0.15, -0.1) is 0 Å². The molecule has 0 spiro atoms. The Labute approximate surface area is 147 Å². The monoisotopic (exact) mass is 342 g/mol. The molecule has 0 bridgehead atoms. The lowest BCUT2D eigenvalue weighted by molar-refractivity contribution is -0.894. The standard InChI is InChI=1S/C20H23NO4/c1-4-5-10-21(3)12-16-17(22)9-8-15-19(23)18(25-20(15)16)11-14-7-6-13(2)24-14/h6-9,11,22H,4-5,10,12H2,1-3H3/p+1/b18-11-. The first-order valence-corrected chi connectivity index (χ1v) is 8.66. The summed E-state index contributed by atoms with van der Waals surface area (Å²) in [7, 11) is 2.08. The third-order valence-corrected chi connectivity index (χ3v) is 4.39. The minimum absolute atomic E-state index is 0.164. The van der Waals surface area contributed by atoms with Gasteiger partial charge >= 0.3 is 0 Å². The van der Waals surface area contributed by atoms with Gasteiger partial charge in [0.1, 0.15) is 23.8 Å². The van der Waals surface area contributed by atoms with Gasteiger partial charge in [-0.05, 0) is 37.6 Å². The number of phenolic OH excluding ortho intramolecular Hbond substituents is 1. The molecule has 0 radical (unpaired) electrons. The van der Waals surface area contributed by atoms with E-state index in [0.717, 1.165) is 25.1 Å². The van der Waals surface area contributed by atoms with Gasteiger partial charge in [-0.1, -0.05) is 13.3 Å². The number of ketones is 1. The first-order valence-electron chi connectivity index (χ1n) is 8.66. The molecule has 2 aromatic rings. The molecule has 0 amide bonds. The number of Topliss-reactive ketones (excluding diaryl/α,β-unsaturated/α-hetero) is 1. The van der Waals surface area contributed by atoms with E-state index in [1.807, 2.05) is 13.0 Å². The van der Waals surface area contributed by atoms with Crippen LogP contribution in [0.5, 0.6) is 11.5 Å². The zero-order valence-corrected chi connectivity index (χ0v) is 14.9. The van der Waals surface area contributed by atoms with Crippen LogP contribution in [0.15, 0.2) is 34.4 Å². The Bertz CT molecular complexity index is 819. The second-order valence-electron chi connectivity index (χ2n) is 6.57. The average Bonchev–Trinajstić information content (AvgIpc) is 3.13. The first kappa shape index (κ1) is 17.3. The van der Waals surface area contributed by atoms with Gasteiger partial charge in [-0.3, -0.25) is 4.79 Å². The van der Waals surface area contributed by atoms with E-state index < -0.39 is 0 Å². The molecule has 1 aromatic heterocycles. The van der Waals surface area contributed by atoms with Gasteiger partial charge in [0, 0.05) is 6.08 Å². The number of aromatic hydroxyl groups is 1. The molecular formula is C20H24NO4+. The lowest BCUT2D eigenvalue weighted by Gasteiger charge is -2.16. The second kappa shape index (κ2) is 7.15. The molecule has 0 saturated heterocycles. The molecule has 0 fully saturated rings. The fraction of sp³-hybridized carbons (Fsp3) is 0.350. The summed E-state index contributed by atoms with van der Waals surface area (Å²) in [4.78, 5) is 13.9. The van der Waals surface area contributed by atoms with Crippen LogP contribution in [0, 0.1) is 6.92 Å². The molecule has 5 nitrogen and oxygen atoms in total. The Morgan fingerprint density at radius 2 is 2.04 bits per heavy atom. The topological polar surface area (TPSA) is 64.1 Å². The number of fused-ring (bicyclic) bond motifs is 1. The van der Waals surface area contributed by atoms with Gasteiger partial charge in [0.15, 0.2) is 11.5 Å². The van der Waals surface area contributed by atoms with Crippen LogP contribution in [0.2, 0.25) is 0 Å². The van der Waals surface area contributed by atoms with Gasteiger partial charge in [0.05, 0.1) is 24.7 Å². The van der Waals surface area contributed by atoms with E-state index >= 15 is 0 Å². The summed E-state index contributed by atoms with van der Waals surface area (Å²) in [5.41, 5.74) is 1.17. The highest BCUT2D eigenvalue weighted by molar-refractivity contribution is 6.14. The second-order valence-corrected chi connectivity index (χ2v) is 6.57. The van der Waals surface area contributed by atoms with Crippen molar-refractivity contribution in [3.8, 4) is 11.5 Å². The predicted molar refractivity (Wildman–Crippen MR) is 94.9 cm³/mol. The average molecular weight is 342 g/mol. The van der Waals surface area contributed by atoms with Gasteiger partial charge in [-0.25, -0.2) is 0 Å². The smallest absolute Gasteiger partial charge is 0.232 e. The summed E-state index contributed by atoms with van der Waals surface area (Å²) in [6.45, 7) is 5.61. The van der Waals surface area contributed by atoms with Gasteiger partial charge in [0.2, 0.25) is 5.78 Å². The number of benzene rings is 1. The largest absolute Gasteiger partial charge is 0.507 e. The van der Waals surface area contributed by atoms with Gasteiger partial charge < -0.3 is 19.2 Å². The summed E-state index contributed by atoms with van der Waals surface area (Å²) in [5, 5.41) is 10.3. The quantitative estimate of drug-likeness (QED) is 0.793. The van der Waals surface area contributed by atoms with Crippen LogP contribution in [-0.2, 0) is 6.54 Å². The maximum Gasteiger partial charge on any atom is 0.232 e. The Morgan fingerprint density at radius 3 is 2.72 bits per heavy atom. The Morgan fingerprint density at radius 1 is 1.24 bits per heavy atom. The molecule has 1 unspecified atom stereocenters. The molecule has 0 saturated carbocycles. The van der Waals surface area contributed by atoms with Crippen molar-refractivity contribution in [3.63, 3.8) is 0 Å². The lowest BCUT2D eigenvalue weighted by atomic mass is 10.0. The molecule has 25 heavy (non-hydrogen) atoms. The highest BCUT2D eigenvalue weighted by atomic mass is 16.5. The number of phenols is 1. The number of carbonyl (C=O) groups is 1. The van der Waals surface area contributed by atoms with E-state index in [1.165, 1.54) is 4.90 Å². The van der Waals surface area contributed by atoms with E-state index in [-0.39, 0.29) is 17.3 Å². The number of aryl methyl sites for hydroxylation is 1. The van der Waals surface area contributed by atoms with Crippen molar-refractivity contribution in [1.82, 2.24) is 0 Å². The number of ether oxygens (including phenoxy) is 1. The van der Waals surface area contributed by atoms with E-state index in [2.05, 4.69) is 14.0 Å². The van der Waals surface area contributed by atoms with Gasteiger partial charge in [-0.2, -0.15) is 0 Å². The molecule has 1 aromatic carbocycles. The SMILES string of the molecule is CCCC[NH+](C)Cc1c(O)ccc2c1O/C(=C\c1ccc(C)o1)C2=O. The molecule has 5 heteroatoms. The molecule has 132 valence electrons. The van der Waals surface area contributed by atoms with Crippen molar-refractivity contribution < 1.29 is 24.0 Å². The third-order valence-electron chi connectivity index (χ3n) is 4.39. The molecule has 3 rings (SSSR count). The number of unbranched alkanes of at least 4 members (excludes halogenated alkanes) is 1. The number of furan rings is 1. The molecule has 1 aliphatic heterocycles. The number of hydrogen-bond acceptors (Lipinski definition) is 4. The molecular weight excluding hydrogens is 318 g/mol. The van der Waals surface area contributed by atoms with Crippen LogP contribution in [0.4, 0.5) is 0 Å². The minimum Gasteiger partial charge on any atom is -0.507 e. The summed E-state index contributed by atoms with van der Waals surface area (Å²) in [6, 6.07) is 6.82. The molecule has 2 heterocycles. The van der Waals surface area contributed by atoms with Crippen molar-refractivity contribution in [2.75, 3.05) is 13.6 Å². The highest BCUT2D eigenvalue weighted by Crippen LogP contribution is 2.39. The van der Waals surface area contributed by atoms with Crippen molar-refractivity contribution in [3.05, 3.63) is 52.7 Å². The maximum absolute atomic E-state index is 12.6. The fourth-order valence-electron chi connectivity index (χ4n) is 3.00. The summed E-state index contributed by atoms with van der Waals surface area (Å²) >= 11 is 0. The number of nitrogens with one attached hydrogen (secondary N) is 1. The summed E-state index contributed by atoms with van der Waals surface area (Å²) in [5.74, 6) is 2.02. The van der Waals surface area contributed by atoms with Gasteiger partial charge in [0.25, 0.3) is 0 Å². The number of allylic oxidation sites excluding steroid dienone is 1. The van der Waals surface area contributed by atoms with E-state index in [9.17, 15) is 9.90 Å². The number of quaternary nitrogens is 1. The van der Waals surface area contributed by atoms with Crippen molar-refractivity contribution in [1.29, 1.82) is 0 Å². The van der Waals surface area contributed by atoms with Crippen molar-refractivity contribution in [2.24, 2.45) is 0 Å². The van der Waals surface area contributed by atoms with Crippen LogP contribution in [0.25, 0.3) is 6.08 Å². The number of hydrogen-bond donors (Lipinski definition) is 2. The molecule has 0 aliphatic carbocycles. The summed E-state index contributed by atoms with van der Waals surface area (Å²) < 4.78 is 11.3. The van der Waals surface area contributed by atoms with Crippen molar-refractivity contribution in [2.45, 2.75) is 33.2 Å². The van der Waals surface area contributed by atoms with Crippen LogP contribution in [0.3, 0.4) is 0 Å². The fourth-order valence-corrected chi connectivity index (χ4v) is 3.00. The lowest BCUT2D eigenvalue weighted by Crippen LogP contribution is -3.07. The normalized spacial score (nSPS) is 16.1. The highest BCUT2D eigenvalue weighted by Gasteiger charge is 2.32. The third kappa shape index (κ3) is 3.61. The number of carbonyl (C=O) groups excluding carboxylic acids is 1. The van der Waals surface area contributed by atoms with Crippen LogP contribution in [0.1, 0.15) is 47.2 Å². The number of rotatable bonds is 6. The zero-order valence-electron chi connectivity index (χ0n) is 14.9. The molecule has 1 atom stereocenters. The molecule has 1 aliphatic rings.